The average molecular weight is 404 g/mol. The molecule has 0 aliphatic carbocycles. The fourth-order valence-corrected chi connectivity index (χ4v) is 2.34. The lowest BCUT2D eigenvalue weighted by Gasteiger charge is -2.08. The van der Waals surface area contributed by atoms with Gasteiger partial charge in [-0.3, -0.25) is 4.79 Å². The molecular formula is C13H9Br2ClN2O. The van der Waals surface area contributed by atoms with Crippen molar-refractivity contribution in [1.82, 2.24) is 0 Å². The van der Waals surface area contributed by atoms with Crippen molar-refractivity contribution >= 4 is 60.7 Å². The van der Waals surface area contributed by atoms with Crippen LogP contribution in [-0.4, -0.2) is 5.91 Å². The molecule has 0 aromatic heterocycles. The summed E-state index contributed by atoms with van der Waals surface area (Å²) in [5.74, 6) is -0.252. The van der Waals surface area contributed by atoms with Crippen LogP contribution in [0.3, 0.4) is 0 Å². The summed E-state index contributed by atoms with van der Waals surface area (Å²) in [5, 5.41) is 3.30. The molecule has 0 saturated carbocycles. The Hall–Kier alpha value is -1.04. The Bertz CT molecular complexity index is 647. The smallest absolute Gasteiger partial charge is 0.256 e. The first-order valence-corrected chi connectivity index (χ1v) is 7.25. The number of rotatable bonds is 2. The van der Waals surface area contributed by atoms with Crippen molar-refractivity contribution < 1.29 is 4.79 Å². The maximum Gasteiger partial charge on any atom is 0.256 e. The van der Waals surface area contributed by atoms with E-state index in [0.29, 0.717) is 26.4 Å². The molecule has 6 heteroatoms. The monoisotopic (exact) mass is 402 g/mol. The first-order chi connectivity index (χ1) is 8.97. The molecule has 0 bridgehead atoms. The van der Waals surface area contributed by atoms with E-state index in [4.69, 9.17) is 17.3 Å². The Balaban J connectivity index is 2.25. The molecule has 0 saturated heterocycles. The van der Waals surface area contributed by atoms with Crippen LogP contribution in [0.15, 0.2) is 45.3 Å². The molecule has 0 aliphatic rings. The molecule has 0 spiro atoms. The highest BCUT2D eigenvalue weighted by atomic mass is 79.9. The molecular weight excluding hydrogens is 395 g/mol. The van der Waals surface area contributed by atoms with E-state index >= 15 is 0 Å². The summed E-state index contributed by atoms with van der Waals surface area (Å²) in [6.45, 7) is 0. The maximum atomic E-state index is 12.1. The van der Waals surface area contributed by atoms with E-state index in [9.17, 15) is 4.79 Å². The van der Waals surface area contributed by atoms with Gasteiger partial charge in [0, 0.05) is 20.3 Å². The summed E-state index contributed by atoms with van der Waals surface area (Å²) in [4.78, 5) is 12.1. The van der Waals surface area contributed by atoms with Crippen molar-refractivity contribution in [2.75, 3.05) is 11.1 Å². The number of nitrogens with two attached hydrogens (primary N) is 1. The van der Waals surface area contributed by atoms with E-state index in [2.05, 4.69) is 37.2 Å². The number of carbonyl (C=O) groups excluding carboxylic acids is 1. The molecule has 0 atom stereocenters. The van der Waals surface area contributed by atoms with Gasteiger partial charge in [-0.25, -0.2) is 0 Å². The van der Waals surface area contributed by atoms with Crippen molar-refractivity contribution in [2.45, 2.75) is 0 Å². The Morgan fingerprint density at radius 3 is 2.47 bits per heavy atom. The van der Waals surface area contributed by atoms with E-state index in [-0.39, 0.29) is 5.91 Å². The van der Waals surface area contributed by atoms with Crippen LogP contribution in [0.25, 0.3) is 0 Å². The Kier molecular flexibility index (Phi) is 4.50. The topological polar surface area (TPSA) is 55.1 Å². The molecule has 3 nitrogen and oxygen atoms in total. The minimum absolute atomic E-state index is 0.252. The molecule has 3 N–H and O–H groups in total. The number of halogens is 3. The lowest BCUT2D eigenvalue weighted by atomic mass is 10.2. The predicted molar refractivity (Wildman–Crippen MR) is 85.7 cm³/mol. The number of carbonyl (C=O) groups is 1. The second kappa shape index (κ2) is 5.94. The van der Waals surface area contributed by atoms with Crippen molar-refractivity contribution in [2.24, 2.45) is 0 Å². The second-order valence-corrected chi connectivity index (χ2v) is 5.94. The van der Waals surface area contributed by atoms with Gasteiger partial charge in [0.15, 0.2) is 0 Å². The second-order valence-electron chi connectivity index (χ2n) is 3.82. The Morgan fingerprint density at radius 1 is 1.11 bits per heavy atom. The molecule has 19 heavy (non-hydrogen) atoms. The molecule has 0 unspecified atom stereocenters. The first kappa shape index (κ1) is 14.4. The van der Waals surface area contributed by atoms with Crippen LogP contribution in [0.1, 0.15) is 10.4 Å². The standard InChI is InChI=1S/C13H9Br2ClN2O/c14-10-3-1-7(17)5-9(10)13(19)18-8-2-4-11(15)12(16)6-8/h1-6H,17H2,(H,18,19). The lowest BCUT2D eigenvalue weighted by molar-refractivity contribution is 0.102. The summed E-state index contributed by atoms with van der Waals surface area (Å²) in [6.07, 6.45) is 0. The van der Waals surface area contributed by atoms with Crippen LogP contribution >= 0.6 is 43.5 Å². The van der Waals surface area contributed by atoms with Crippen LogP contribution in [0.4, 0.5) is 11.4 Å². The first-order valence-electron chi connectivity index (χ1n) is 5.29. The van der Waals surface area contributed by atoms with Gasteiger partial charge in [0.25, 0.3) is 5.91 Å². The highest BCUT2D eigenvalue weighted by Crippen LogP contribution is 2.26. The fourth-order valence-electron chi connectivity index (χ4n) is 1.49. The average Bonchev–Trinajstić information content (AvgIpc) is 2.36. The quantitative estimate of drug-likeness (QED) is 0.713. The third-order valence-electron chi connectivity index (χ3n) is 2.41. The van der Waals surface area contributed by atoms with Gasteiger partial charge < -0.3 is 11.1 Å². The third kappa shape index (κ3) is 3.49. The summed E-state index contributed by atoms with van der Waals surface area (Å²) in [6, 6.07) is 10.3. The van der Waals surface area contributed by atoms with Crippen LogP contribution in [-0.2, 0) is 0 Å². The van der Waals surface area contributed by atoms with Crippen LogP contribution in [0, 0.1) is 0 Å². The minimum Gasteiger partial charge on any atom is -0.399 e. The third-order valence-corrected chi connectivity index (χ3v) is 4.34. The van der Waals surface area contributed by atoms with Crippen molar-refractivity contribution in [1.29, 1.82) is 0 Å². The molecule has 0 fully saturated rings. The number of anilines is 2. The van der Waals surface area contributed by atoms with Crippen molar-refractivity contribution in [3.8, 4) is 0 Å². The highest BCUT2D eigenvalue weighted by Gasteiger charge is 2.11. The van der Waals surface area contributed by atoms with Gasteiger partial charge in [-0.05, 0) is 68.3 Å². The minimum atomic E-state index is -0.252. The SMILES string of the molecule is Nc1ccc(Br)c(C(=O)Nc2ccc(Br)c(Cl)c2)c1. The van der Waals surface area contributed by atoms with Crippen LogP contribution in [0.5, 0.6) is 0 Å². The highest BCUT2D eigenvalue weighted by molar-refractivity contribution is 9.10. The molecule has 0 heterocycles. The maximum absolute atomic E-state index is 12.1. The Labute approximate surface area is 132 Å². The van der Waals surface area contributed by atoms with Crippen molar-refractivity contribution in [3.63, 3.8) is 0 Å². The largest absolute Gasteiger partial charge is 0.399 e. The van der Waals surface area contributed by atoms with E-state index in [1.54, 1.807) is 36.4 Å². The molecule has 2 aromatic rings. The Morgan fingerprint density at radius 2 is 1.79 bits per heavy atom. The number of nitrogens with one attached hydrogen (secondary N) is 1. The summed E-state index contributed by atoms with van der Waals surface area (Å²) >= 11 is 12.6. The zero-order chi connectivity index (χ0) is 14.0. The fraction of sp³-hybridized carbons (Fsp3) is 0. The van der Waals surface area contributed by atoms with E-state index < -0.39 is 0 Å². The van der Waals surface area contributed by atoms with Gasteiger partial charge in [0.1, 0.15) is 0 Å². The van der Waals surface area contributed by atoms with Gasteiger partial charge in [-0.2, -0.15) is 0 Å². The van der Waals surface area contributed by atoms with Crippen LogP contribution in [0.2, 0.25) is 5.02 Å². The molecule has 2 rings (SSSR count). The zero-order valence-corrected chi connectivity index (χ0v) is 13.5. The normalized spacial score (nSPS) is 10.3. The number of hydrogen-bond donors (Lipinski definition) is 2. The van der Waals surface area contributed by atoms with Gasteiger partial charge in [-0.15, -0.1) is 0 Å². The van der Waals surface area contributed by atoms with Gasteiger partial charge in [0.05, 0.1) is 10.6 Å². The van der Waals surface area contributed by atoms with Gasteiger partial charge in [-0.1, -0.05) is 11.6 Å². The molecule has 0 aliphatic heterocycles. The van der Waals surface area contributed by atoms with Gasteiger partial charge in [0.2, 0.25) is 0 Å². The predicted octanol–water partition coefficient (Wildman–Crippen LogP) is 4.70. The lowest BCUT2D eigenvalue weighted by Crippen LogP contribution is -2.13. The summed E-state index contributed by atoms with van der Waals surface area (Å²) < 4.78 is 1.46. The van der Waals surface area contributed by atoms with Crippen molar-refractivity contribution in [3.05, 3.63) is 55.9 Å². The zero-order valence-electron chi connectivity index (χ0n) is 9.58. The molecule has 98 valence electrons. The van der Waals surface area contributed by atoms with Gasteiger partial charge >= 0.3 is 0 Å². The molecule has 1 amide bonds. The molecule has 0 radical (unpaired) electrons. The summed E-state index contributed by atoms with van der Waals surface area (Å²) in [7, 11) is 0. The number of benzene rings is 2. The van der Waals surface area contributed by atoms with E-state index in [1.807, 2.05) is 0 Å². The molecule has 2 aromatic carbocycles. The van der Waals surface area contributed by atoms with Crippen LogP contribution < -0.4 is 11.1 Å². The van der Waals surface area contributed by atoms with E-state index in [0.717, 1.165) is 4.47 Å². The van der Waals surface area contributed by atoms with E-state index in [1.165, 1.54) is 0 Å². The number of nitrogen functional groups attached to an aromatic ring is 1. The number of amides is 1. The summed E-state index contributed by atoms with van der Waals surface area (Å²) in [5.41, 5.74) is 7.29. The number of hydrogen-bond acceptors (Lipinski definition) is 2.